The molecule has 108 valence electrons. The van der Waals surface area contributed by atoms with E-state index >= 15 is 0 Å². The third kappa shape index (κ3) is 3.45. The van der Waals surface area contributed by atoms with Crippen molar-refractivity contribution < 1.29 is 4.42 Å². The fourth-order valence-electron chi connectivity index (χ4n) is 2.29. The summed E-state index contributed by atoms with van der Waals surface area (Å²) in [6.45, 7) is 4.35. The zero-order valence-electron chi connectivity index (χ0n) is 12.2. The fourth-order valence-corrected chi connectivity index (χ4v) is 2.29. The van der Waals surface area contributed by atoms with E-state index in [1.807, 2.05) is 30.3 Å². The van der Waals surface area contributed by atoms with Crippen LogP contribution in [0.5, 0.6) is 0 Å². The Morgan fingerprint density at radius 3 is 2.45 bits per heavy atom. The zero-order chi connectivity index (χ0) is 14.4. The van der Waals surface area contributed by atoms with Crippen LogP contribution in [0, 0.1) is 0 Å². The van der Waals surface area contributed by atoms with Gasteiger partial charge in [0, 0.05) is 5.92 Å². The van der Waals surface area contributed by atoms with E-state index < -0.39 is 0 Å². The summed E-state index contributed by atoms with van der Waals surface area (Å²) in [6, 6.07) is 9.49. The molecule has 0 aliphatic rings. The van der Waals surface area contributed by atoms with Gasteiger partial charge in [-0.1, -0.05) is 57.0 Å². The molecule has 0 aliphatic heterocycles. The summed E-state index contributed by atoms with van der Waals surface area (Å²) in [4.78, 5) is 0. The second kappa shape index (κ2) is 7.20. The summed E-state index contributed by atoms with van der Waals surface area (Å²) >= 11 is 0. The quantitative estimate of drug-likeness (QED) is 0.833. The standard InChI is InChI=1S/C16H23N3O/c1-3-5-9-12(4-2)15-18-19-16(20-15)14(17)13-10-7-6-8-11-13/h6-8,10-12,14H,3-5,9,17H2,1-2H3. The van der Waals surface area contributed by atoms with Crippen molar-refractivity contribution in [3.8, 4) is 0 Å². The number of nitrogens with two attached hydrogens (primary N) is 1. The summed E-state index contributed by atoms with van der Waals surface area (Å²) < 4.78 is 5.80. The molecule has 0 saturated carbocycles. The number of unbranched alkanes of at least 4 members (excludes halogenated alkanes) is 1. The van der Waals surface area contributed by atoms with E-state index in [1.165, 1.54) is 12.8 Å². The highest BCUT2D eigenvalue weighted by Gasteiger charge is 2.20. The van der Waals surface area contributed by atoms with E-state index in [9.17, 15) is 0 Å². The van der Waals surface area contributed by atoms with Crippen LogP contribution in [0.15, 0.2) is 34.7 Å². The molecule has 20 heavy (non-hydrogen) atoms. The Bertz CT molecular complexity index is 509. The maximum Gasteiger partial charge on any atom is 0.237 e. The molecule has 0 spiro atoms. The van der Waals surface area contributed by atoms with Gasteiger partial charge >= 0.3 is 0 Å². The predicted octanol–water partition coefficient (Wildman–Crippen LogP) is 3.80. The lowest BCUT2D eigenvalue weighted by Crippen LogP contribution is -2.12. The van der Waals surface area contributed by atoms with Crippen LogP contribution in [0.3, 0.4) is 0 Å². The van der Waals surface area contributed by atoms with Gasteiger partial charge in [0.25, 0.3) is 0 Å². The minimum absolute atomic E-state index is 0.346. The third-order valence-corrected chi connectivity index (χ3v) is 3.63. The fraction of sp³-hybridized carbons (Fsp3) is 0.500. The molecule has 2 atom stereocenters. The molecule has 0 radical (unpaired) electrons. The summed E-state index contributed by atoms with van der Waals surface area (Å²) in [5.41, 5.74) is 7.17. The van der Waals surface area contributed by atoms with Gasteiger partial charge in [0.2, 0.25) is 11.8 Å². The van der Waals surface area contributed by atoms with Gasteiger partial charge in [-0.25, -0.2) is 0 Å². The van der Waals surface area contributed by atoms with Crippen LogP contribution in [0.2, 0.25) is 0 Å². The lowest BCUT2D eigenvalue weighted by atomic mass is 9.99. The first-order valence-corrected chi connectivity index (χ1v) is 7.40. The largest absolute Gasteiger partial charge is 0.423 e. The van der Waals surface area contributed by atoms with E-state index in [0.717, 1.165) is 24.3 Å². The van der Waals surface area contributed by atoms with Crippen LogP contribution in [0.4, 0.5) is 0 Å². The molecule has 0 amide bonds. The van der Waals surface area contributed by atoms with Crippen LogP contribution >= 0.6 is 0 Å². The molecular formula is C16H23N3O. The van der Waals surface area contributed by atoms with Crippen molar-refractivity contribution in [3.63, 3.8) is 0 Å². The first-order chi connectivity index (χ1) is 9.76. The molecule has 2 rings (SSSR count). The van der Waals surface area contributed by atoms with Crippen molar-refractivity contribution in [1.82, 2.24) is 10.2 Å². The third-order valence-electron chi connectivity index (χ3n) is 3.63. The molecule has 2 N–H and O–H groups in total. The molecule has 0 fully saturated rings. The average Bonchev–Trinajstić information content (AvgIpc) is 2.98. The van der Waals surface area contributed by atoms with Crippen LogP contribution in [0.1, 0.15) is 68.8 Å². The smallest absolute Gasteiger partial charge is 0.237 e. The highest BCUT2D eigenvalue weighted by atomic mass is 16.4. The minimum Gasteiger partial charge on any atom is -0.423 e. The monoisotopic (exact) mass is 273 g/mol. The summed E-state index contributed by atoms with van der Waals surface area (Å²) in [6.07, 6.45) is 4.47. The van der Waals surface area contributed by atoms with E-state index in [4.69, 9.17) is 10.2 Å². The van der Waals surface area contributed by atoms with Crippen molar-refractivity contribution in [3.05, 3.63) is 47.7 Å². The van der Waals surface area contributed by atoms with Crippen LogP contribution in [-0.2, 0) is 0 Å². The van der Waals surface area contributed by atoms with E-state index in [1.54, 1.807) is 0 Å². The number of rotatable bonds is 7. The predicted molar refractivity (Wildman–Crippen MR) is 79.3 cm³/mol. The molecule has 4 heteroatoms. The Hall–Kier alpha value is -1.68. The Kier molecular flexibility index (Phi) is 5.30. The van der Waals surface area contributed by atoms with E-state index in [-0.39, 0.29) is 6.04 Å². The lowest BCUT2D eigenvalue weighted by molar-refractivity contribution is 0.384. The van der Waals surface area contributed by atoms with E-state index in [0.29, 0.717) is 11.8 Å². The molecule has 2 unspecified atom stereocenters. The highest BCUT2D eigenvalue weighted by molar-refractivity contribution is 5.22. The van der Waals surface area contributed by atoms with Crippen LogP contribution in [0.25, 0.3) is 0 Å². The van der Waals surface area contributed by atoms with Gasteiger partial charge in [-0.2, -0.15) is 0 Å². The van der Waals surface area contributed by atoms with Crippen LogP contribution < -0.4 is 5.73 Å². The van der Waals surface area contributed by atoms with Crippen molar-refractivity contribution in [2.45, 2.75) is 51.5 Å². The number of aromatic nitrogens is 2. The van der Waals surface area contributed by atoms with Crippen LogP contribution in [-0.4, -0.2) is 10.2 Å². The first kappa shape index (κ1) is 14.7. The van der Waals surface area contributed by atoms with Gasteiger partial charge in [-0.3, -0.25) is 0 Å². The summed E-state index contributed by atoms with van der Waals surface area (Å²) in [5, 5.41) is 8.32. The van der Waals surface area contributed by atoms with Gasteiger partial charge in [-0.05, 0) is 18.4 Å². The Labute approximate surface area is 120 Å². The number of benzene rings is 1. The Morgan fingerprint density at radius 1 is 1.10 bits per heavy atom. The van der Waals surface area contributed by atoms with Crippen molar-refractivity contribution in [2.75, 3.05) is 0 Å². The van der Waals surface area contributed by atoms with Crippen molar-refractivity contribution in [2.24, 2.45) is 5.73 Å². The summed E-state index contributed by atoms with van der Waals surface area (Å²) in [5.74, 6) is 1.57. The highest BCUT2D eigenvalue weighted by Crippen LogP contribution is 2.26. The van der Waals surface area contributed by atoms with Gasteiger partial charge in [0.15, 0.2) is 0 Å². The molecule has 1 aromatic carbocycles. The van der Waals surface area contributed by atoms with Gasteiger partial charge in [0.1, 0.15) is 6.04 Å². The van der Waals surface area contributed by atoms with E-state index in [2.05, 4.69) is 24.0 Å². The Balaban J connectivity index is 2.11. The maximum atomic E-state index is 6.18. The Morgan fingerprint density at radius 2 is 1.80 bits per heavy atom. The molecule has 0 saturated heterocycles. The van der Waals surface area contributed by atoms with Gasteiger partial charge in [0.05, 0.1) is 0 Å². The topological polar surface area (TPSA) is 64.9 Å². The second-order valence-electron chi connectivity index (χ2n) is 5.11. The molecule has 0 bridgehead atoms. The molecule has 4 nitrogen and oxygen atoms in total. The van der Waals surface area contributed by atoms with Gasteiger partial charge in [-0.15, -0.1) is 10.2 Å². The zero-order valence-corrected chi connectivity index (χ0v) is 12.2. The normalized spacial score (nSPS) is 14.2. The molecule has 2 aromatic rings. The van der Waals surface area contributed by atoms with Crippen molar-refractivity contribution >= 4 is 0 Å². The second-order valence-corrected chi connectivity index (χ2v) is 5.11. The molecular weight excluding hydrogens is 250 g/mol. The average molecular weight is 273 g/mol. The lowest BCUT2D eigenvalue weighted by Gasteiger charge is -2.10. The molecule has 1 aromatic heterocycles. The summed E-state index contributed by atoms with van der Waals surface area (Å²) in [7, 11) is 0. The maximum absolute atomic E-state index is 6.18. The van der Waals surface area contributed by atoms with Gasteiger partial charge < -0.3 is 10.2 Å². The number of nitrogens with zero attached hydrogens (tertiary/aromatic N) is 2. The number of hydrogen-bond acceptors (Lipinski definition) is 4. The van der Waals surface area contributed by atoms with Crippen molar-refractivity contribution in [1.29, 1.82) is 0 Å². The SMILES string of the molecule is CCCCC(CC)c1nnc(C(N)c2ccccc2)o1. The molecule has 0 aliphatic carbocycles. The number of hydrogen-bond donors (Lipinski definition) is 1. The first-order valence-electron chi connectivity index (χ1n) is 7.40. The molecule has 1 heterocycles. The minimum atomic E-state index is -0.346.